The van der Waals surface area contributed by atoms with Crippen molar-refractivity contribution >= 4 is 6.03 Å². The SMILES string of the molecule is CC1CCN(C(=O)NC(CN(C)C)C(C)C)CC1. The first-order valence-corrected chi connectivity index (χ1v) is 7.10. The number of hydrogen-bond acceptors (Lipinski definition) is 2. The number of rotatable bonds is 4. The summed E-state index contributed by atoms with van der Waals surface area (Å²) in [6.45, 7) is 9.28. The van der Waals surface area contributed by atoms with Crippen LogP contribution in [0.3, 0.4) is 0 Å². The Morgan fingerprint density at radius 1 is 1.33 bits per heavy atom. The van der Waals surface area contributed by atoms with E-state index in [4.69, 9.17) is 0 Å². The van der Waals surface area contributed by atoms with Crippen LogP contribution in [0.15, 0.2) is 0 Å². The van der Waals surface area contributed by atoms with E-state index in [0.717, 1.165) is 38.4 Å². The first kappa shape index (κ1) is 15.3. The molecule has 1 aliphatic rings. The predicted molar refractivity (Wildman–Crippen MR) is 75.7 cm³/mol. The van der Waals surface area contributed by atoms with Gasteiger partial charge in [-0.3, -0.25) is 0 Å². The van der Waals surface area contributed by atoms with E-state index in [-0.39, 0.29) is 12.1 Å². The van der Waals surface area contributed by atoms with E-state index in [0.29, 0.717) is 5.92 Å². The lowest BCUT2D eigenvalue weighted by atomic mass is 9.99. The van der Waals surface area contributed by atoms with Crippen molar-refractivity contribution in [3.8, 4) is 0 Å². The highest BCUT2D eigenvalue weighted by Gasteiger charge is 2.23. The van der Waals surface area contributed by atoms with Gasteiger partial charge in [0.05, 0.1) is 0 Å². The monoisotopic (exact) mass is 255 g/mol. The predicted octanol–water partition coefficient (Wildman–Crippen LogP) is 2.01. The minimum atomic E-state index is 0.113. The fourth-order valence-electron chi connectivity index (χ4n) is 2.28. The summed E-state index contributed by atoms with van der Waals surface area (Å²) in [7, 11) is 4.09. The summed E-state index contributed by atoms with van der Waals surface area (Å²) in [5.74, 6) is 1.22. The maximum atomic E-state index is 12.2. The topological polar surface area (TPSA) is 35.6 Å². The zero-order valence-electron chi connectivity index (χ0n) is 12.6. The molecule has 4 nitrogen and oxygen atoms in total. The third-order valence-corrected chi connectivity index (χ3v) is 3.75. The van der Waals surface area contributed by atoms with Crippen molar-refractivity contribution in [2.24, 2.45) is 11.8 Å². The van der Waals surface area contributed by atoms with E-state index in [9.17, 15) is 4.79 Å². The van der Waals surface area contributed by atoms with Gasteiger partial charge in [0.2, 0.25) is 0 Å². The molecule has 2 amide bonds. The van der Waals surface area contributed by atoms with Crippen LogP contribution in [0.1, 0.15) is 33.6 Å². The molecule has 0 aromatic heterocycles. The quantitative estimate of drug-likeness (QED) is 0.834. The standard InChI is InChI=1S/C14H29N3O/c1-11(2)13(10-16(4)5)15-14(18)17-8-6-12(3)7-9-17/h11-13H,6-10H2,1-5H3,(H,15,18). The second kappa shape index (κ2) is 6.98. The fraction of sp³-hybridized carbons (Fsp3) is 0.929. The molecule has 4 heteroatoms. The van der Waals surface area contributed by atoms with Crippen molar-refractivity contribution in [2.45, 2.75) is 39.7 Å². The molecule has 1 aliphatic heterocycles. The van der Waals surface area contributed by atoms with Crippen LogP contribution >= 0.6 is 0 Å². The van der Waals surface area contributed by atoms with Crippen LogP contribution < -0.4 is 5.32 Å². The van der Waals surface area contributed by atoms with Crippen LogP contribution in [-0.4, -0.2) is 55.6 Å². The summed E-state index contributed by atoms with van der Waals surface area (Å²) < 4.78 is 0. The van der Waals surface area contributed by atoms with Gasteiger partial charge in [0.1, 0.15) is 0 Å². The van der Waals surface area contributed by atoms with Gasteiger partial charge in [0.25, 0.3) is 0 Å². The largest absolute Gasteiger partial charge is 0.334 e. The normalized spacial score (nSPS) is 19.4. The fourth-order valence-corrected chi connectivity index (χ4v) is 2.28. The maximum Gasteiger partial charge on any atom is 0.317 e. The molecule has 0 bridgehead atoms. The van der Waals surface area contributed by atoms with Crippen LogP contribution in [0.2, 0.25) is 0 Å². The summed E-state index contributed by atoms with van der Waals surface area (Å²) >= 11 is 0. The molecule has 1 saturated heterocycles. The molecule has 1 atom stereocenters. The Bertz CT molecular complexity index is 258. The summed E-state index contributed by atoms with van der Waals surface area (Å²) in [4.78, 5) is 16.3. The average molecular weight is 255 g/mol. The molecule has 0 spiro atoms. The minimum absolute atomic E-state index is 0.113. The number of nitrogens with one attached hydrogen (secondary N) is 1. The number of likely N-dealkylation sites (tertiary alicyclic amines) is 1. The Morgan fingerprint density at radius 2 is 1.89 bits per heavy atom. The molecule has 0 aliphatic carbocycles. The smallest absolute Gasteiger partial charge is 0.317 e. The van der Waals surface area contributed by atoms with Crippen LogP contribution in [0.25, 0.3) is 0 Å². The molecule has 0 radical (unpaired) electrons. The zero-order valence-corrected chi connectivity index (χ0v) is 12.6. The highest BCUT2D eigenvalue weighted by molar-refractivity contribution is 5.74. The van der Waals surface area contributed by atoms with E-state index in [1.807, 2.05) is 19.0 Å². The number of amides is 2. The second-order valence-electron chi connectivity index (χ2n) is 6.23. The molecule has 0 saturated carbocycles. The lowest BCUT2D eigenvalue weighted by Gasteiger charge is -2.33. The molecule has 1 N–H and O–H groups in total. The van der Waals surface area contributed by atoms with Crippen molar-refractivity contribution in [1.29, 1.82) is 0 Å². The Hall–Kier alpha value is -0.770. The lowest BCUT2D eigenvalue weighted by molar-refractivity contribution is 0.164. The molecule has 1 unspecified atom stereocenters. The maximum absolute atomic E-state index is 12.2. The van der Waals surface area contributed by atoms with Gasteiger partial charge in [-0.2, -0.15) is 0 Å². The van der Waals surface area contributed by atoms with Gasteiger partial charge in [-0.05, 0) is 38.8 Å². The third-order valence-electron chi connectivity index (χ3n) is 3.75. The minimum Gasteiger partial charge on any atom is -0.334 e. The molecule has 0 aromatic rings. The number of piperidine rings is 1. The van der Waals surface area contributed by atoms with Gasteiger partial charge in [-0.25, -0.2) is 4.79 Å². The molecule has 1 rings (SSSR count). The van der Waals surface area contributed by atoms with E-state index in [1.54, 1.807) is 0 Å². The van der Waals surface area contributed by atoms with Crippen molar-refractivity contribution < 1.29 is 4.79 Å². The van der Waals surface area contributed by atoms with Crippen molar-refractivity contribution in [3.05, 3.63) is 0 Å². The van der Waals surface area contributed by atoms with Crippen LogP contribution in [-0.2, 0) is 0 Å². The number of carbonyl (C=O) groups is 1. The number of nitrogens with zero attached hydrogens (tertiary/aromatic N) is 2. The van der Waals surface area contributed by atoms with Gasteiger partial charge < -0.3 is 15.1 Å². The van der Waals surface area contributed by atoms with Gasteiger partial charge >= 0.3 is 6.03 Å². The molecular weight excluding hydrogens is 226 g/mol. The molecule has 106 valence electrons. The number of carbonyl (C=O) groups excluding carboxylic acids is 1. The van der Waals surface area contributed by atoms with Crippen LogP contribution in [0.5, 0.6) is 0 Å². The Labute approximate surface area is 112 Å². The van der Waals surface area contributed by atoms with Gasteiger partial charge in [-0.15, -0.1) is 0 Å². The van der Waals surface area contributed by atoms with Crippen molar-refractivity contribution in [1.82, 2.24) is 15.1 Å². The highest BCUT2D eigenvalue weighted by Crippen LogP contribution is 2.16. The van der Waals surface area contributed by atoms with Crippen molar-refractivity contribution in [3.63, 3.8) is 0 Å². The highest BCUT2D eigenvalue weighted by atomic mass is 16.2. The molecule has 18 heavy (non-hydrogen) atoms. The molecule has 1 fully saturated rings. The van der Waals surface area contributed by atoms with E-state index in [2.05, 4.69) is 31.0 Å². The third kappa shape index (κ3) is 4.84. The number of likely N-dealkylation sites (N-methyl/N-ethyl adjacent to an activating group) is 1. The lowest BCUT2D eigenvalue weighted by Crippen LogP contribution is -2.51. The summed E-state index contributed by atoms with van der Waals surface area (Å²) in [6.07, 6.45) is 2.26. The zero-order chi connectivity index (χ0) is 13.7. The summed E-state index contributed by atoms with van der Waals surface area (Å²) in [5, 5.41) is 3.18. The number of hydrogen-bond donors (Lipinski definition) is 1. The van der Waals surface area contributed by atoms with E-state index < -0.39 is 0 Å². The van der Waals surface area contributed by atoms with E-state index in [1.165, 1.54) is 0 Å². The van der Waals surface area contributed by atoms with Gasteiger partial charge in [0, 0.05) is 25.7 Å². The van der Waals surface area contributed by atoms with Gasteiger partial charge in [-0.1, -0.05) is 20.8 Å². The Kier molecular flexibility index (Phi) is 5.93. The first-order valence-electron chi connectivity index (χ1n) is 7.10. The van der Waals surface area contributed by atoms with Gasteiger partial charge in [0.15, 0.2) is 0 Å². The van der Waals surface area contributed by atoms with Crippen LogP contribution in [0.4, 0.5) is 4.79 Å². The average Bonchev–Trinajstić information content (AvgIpc) is 2.28. The Balaban J connectivity index is 2.45. The van der Waals surface area contributed by atoms with E-state index >= 15 is 0 Å². The Morgan fingerprint density at radius 3 is 2.33 bits per heavy atom. The molecule has 1 heterocycles. The first-order chi connectivity index (χ1) is 8.40. The summed E-state index contributed by atoms with van der Waals surface area (Å²) in [5.41, 5.74) is 0. The summed E-state index contributed by atoms with van der Waals surface area (Å²) in [6, 6.07) is 0.342. The molecular formula is C14H29N3O. The number of urea groups is 1. The van der Waals surface area contributed by atoms with Crippen molar-refractivity contribution in [2.75, 3.05) is 33.7 Å². The molecule has 0 aromatic carbocycles. The second-order valence-corrected chi connectivity index (χ2v) is 6.23. The van der Waals surface area contributed by atoms with Crippen LogP contribution in [0, 0.1) is 11.8 Å².